The minimum atomic E-state index is -1.07. The highest BCUT2D eigenvalue weighted by atomic mass is 32.2. The summed E-state index contributed by atoms with van der Waals surface area (Å²) in [6, 6.07) is 53.9. The fraction of sp³-hybridized carbons (Fsp3) is 0.258. The smallest absolute Gasteiger partial charge is 0.407 e. The number of nitrogens with zero attached hydrogens (tertiary/aromatic N) is 3. The van der Waals surface area contributed by atoms with Gasteiger partial charge in [0.1, 0.15) is 45.5 Å². The number of hydrogen-bond donors (Lipinski definition) is 2. The van der Waals surface area contributed by atoms with E-state index < -0.39 is 23.6 Å². The lowest BCUT2D eigenvalue weighted by Gasteiger charge is -2.37. The maximum atomic E-state index is 14.7. The van der Waals surface area contributed by atoms with E-state index in [-0.39, 0.29) is 37.4 Å². The van der Waals surface area contributed by atoms with Gasteiger partial charge in [-0.3, -0.25) is 14.5 Å². The average Bonchev–Trinajstić information content (AvgIpc) is 4.46. The monoisotopic (exact) mass is 1100 g/mol. The second-order valence-corrected chi connectivity index (χ2v) is 22.8. The second kappa shape index (κ2) is 22.9. The number of rotatable bonds is 19. The Morgan fingerprint density at radius 3 is 2.00 bits per heavy atom. The first-order valence-electron chi connectivity index (χ1n) is 27.4. The number of aromatic nitrogens is 2. The lowest BCUT2D eigenvalue weighted by Crippen LogP contribution is -2.48. The number of fused-ring (bicyclic) bond motifs is 5. The second-order valence-electron chi connectivity index (χ2n) is 21.1. The summed E-state index contributed by atoms with van der Waals surface area (Å²) in [7, 11) is 3.20. The number of alkyl carbamates (subject to hydrolysis) is 1. The van der Waals surface area contributed by atoms with Crippen LogP contribution in [-0.4, -0.2) is 76.1 Å². The number of thiocarbonyl (C=S) groups is 1. The highest BCUT2D eigenvalue weighted by Gasteiger charge is 2.48. The van der Waals surface area contributed by atoms with E-state index in [0.29, 0.717) is 62.6 Å². The first kappa shape index (κ1) is 52.5. The van der Waals surface area contributed by atoms with Crippen LogP contribution in [0.4, 0.5) is 4.79 Å². The molecule has 3 heterocycles. The number of hydrogen-bond acceptors (Lipinski definition) is 10. The van der Waals surface area contributed by atoms with Gasteiger partial charge in [-0.1, -0.05) is 170 Å². The van der Waals surface area contributed by atoms with Crippen LogP contribution < -0.4 is 20.1 Å². The van der Waals surface area contributed by atoms with Crippen LogP contribution in [0, 0.1) is 11.8 Å². The first-order valence-corrected chi connectivity index (χ1v) is 28.6. The standard InChI is InChI=1S/C66H61N5O7S2/c1-75-50-33-45(34-51(37-50)76-2)59-35-44(60(78-59)38-61-63(73)71(65(79)80-61)58-32-42-28-29-43(58)31-42)17-16-30-67-62(72)57(69-64(74)77-40-56-54-26-14-12-24-52(54)53-25-13-15-27-55(53)56)36-49-39-70(41-68-49)66(46-18-6-3-7-19-46,47-20-8-4-9-21-47)48-22-10-5-11-23-48/h3-15,18-27,33-35,37-39,41-43,56-58H,16-17,28-32,36,40H2,1-2H3,(H,67,72)(H,69,74)/b61-38-/t42?,43?,57-,58?/m0/s1. The lowest BCUT2D eigenvalue weighted by molar-refractivity contribution is -0.124. The number of carbonyl (C=O) groups excluding carboxylic acids is 3. The topological polar surface area (TPSA) is 137 Å². The van der Waals surface area contributed by atoms with Crippen LogP contribution in [0.2, 0.25) is 0 Å². The van der Waals surface area contributed by atoms with Gasteiger partial charge in [-0.05, 0) is 107 Å². The summed E-state index contributed by atoms with van der Waals surface area (Å²) in [5, 5.41) is 6.09. The number of carbonyl (C=O) groups is 3. The van der Waals surface area contributed by atoms with Crippen LogP contribution in [0.1, 0.15) is 82.9 Å². The van der Waals surface area contributed by atoms with Gasteiger partial charge >= 0.3 is 6.09 Å². The molecule has 0 radical (unpaired) electrons. The van der Waals surface area contributed by atoms with E-state index in [9.17, 15) is 14.4 Å². The quantitative estimate of drug-likeness (QED) is 0.0348. The molecule has 6 aromatic carbocycles. The third-order valence-electron chi connectivity index (χ3n) is 16.5. The third kappa shape index (κ3) is 10.2. The molecule has 3 unspecified atom stereocenters. The van der Waals surface area contributed by atoms with E-state index >= 15 is 0 Å². The van der Waals surface area contributed by atoms with Gasteiger partial charge < -0.3 is 33.8 Å². The predicted molar refractivity (Wildman–Crippen MR) is 315 cm³/mol. The summed E-state index contributed by atoms with van der Waals surface area (Å²) in [4.78, 5) is 50.3. The molecule has 3 aliphatic carbocycles. The van der Waals surface area contributed by atoms with Crippen LogP contribution in [0.25, 0.3) is 28.5 Å². The maximum Gasteiger partial charge on any atom is 0.407 e. The van der Waals surface area contributed by atoms with Gasteiger partial charge in [0.15, 0.2) is 0 Å². The lowest BCUT2D eigenvalue weighted by atomic mass is 9.77. The normalized spacial score (nSPS) is 18.3. The van der Waals surface area contributed by atoms with E-state index in [4.69, 9.17) is 35.8 Å². The molecule has 4 aliphatic rings. The minimum Gasteiger partial charge on any atom is -0.497 e. The number of aryl methyl sites for hydroxylation is 1. The zero-order valence-corrected chi connectivity index (χ0v) is 46.2. The van der Waals surface area contributed by atoms with E-state index in [2.05, 4.69) is 75.9 Å². The van der Waals surface area contributed by atoms with Crippen LogP contribution in [0.15, 0.2) is 186 Å². The molecular formula is C66H61N5O7S2. The van der Waals surface area contributed by atoms with Gasteiger partial charge in [0, 0.05) is 48.8 Å². The molecular weight excluding hydrogens is 1040 g/mol. The Balaban J connectivity index is 0.813. The van der Waals surface area contributed by atoms with Gasteiger partial charge in [0.2, 0.25) is 5.91 Å². The highest BCUT2D eigenvalue weighted by Crippen LogP contribution is 2.50. The largest absolute Gasteiger partial charge is 0.497 e. The average molecular weight is 1100 g/mol. The Labute approximate surface area is 475 Å². The van der Waals surface area contributed by atoms with Crippen molar-refractivity contribution < 1.29 is 33.0 Å². The molecule has 80 heavy (non-hydrogen) atoms. The number of thioether (sulfide) groups is 1. The molecule has 2 bridgehead atoms. The number of ether oxygens (including phenoxy) is 3. The summed E-state index contributed by atoms with van der Waals surface area (Å²) in [5.74, 6) is 2.79. The van der Waals surface area contributed by atoms with Crippen LogP contribution in [0.5, 0.6) is 11.5 Å². The molecule has 12 rings (SSSR count). The van der Waals surface area contributed by atoms with Crippen molar-refractivity contribution in [2.45, 2.75) is 68.5 Å². The van der Waals surface area contributed by atoms with E-state index in [1.54, 1.807) is 26.6 Å². The molecule has 3 amide bonds. The van der Waals surface area contributed by atoms with Crippen molar-refractivity contribution in [2.24, 2.45) is 11.8 Å². The minimum absolute atomic E-state index is 0.0666. The predicted octanol–water partition coefficient (Wildman–Crippen LogP) is 12.6. The maximum absolute atomic E-state index is 14.7. The zero-order valence-electron chi connectivity index (χ0n) is 44.6. The molecule has 2 N–H and O–H groups in total. The van der Waals surface area contributed by atoms with Crippen molar-refractivity contribution in [1.29, 1.82) is 0 Å². The van der Waals surface area contributed by atoms with Crippen molar-refractivity contribution in [3.63, 3.8) is 0 Å². The first-order chi connectivity index (χ1) is 39.2. The summed E-state index contributed by atoms with van der Waals surface area (Å²) in [5.41, 5.74) is 8.81. The van der Waals surface area contributed by atoms with Gasteiger partial charge in [-0.2, -0.15) is 0 Å². The Hall–Kier alpha value is -8.20. The summed E-state index contributed by atoms with van der Waals surface area (Å²) < 4.78 is 26.6. The van der Waals surface area contributed by atoms with Crippen LogP contribution in [-0.2, 0) is 32.7 Å². The van der Waals surface area contributed by atoms with Gasteiger partial charge in [0.05, 0.1) is 31.1 Å². The fourth-order valence-corrected chi connectivity index (χ4v) is 14.1. The van der Waals surface area contributed by atoms with Gasteiger partial charge in [-0.25, -0.2) is 9.78 Å². The molecule has 1 saturated heterocycles. The molecule has 2 aromatic heterocycles. The SMILES string of the molecule is COc1cc(OC)cc(-c2cc(CCCNC(=O)[C@H](Cc3cn(C(c4ccccc4)(c4ccccc4)c4ccccc4)cn3)NC(=O)OCC3c4ccccc4-c4ccccc43)c(/C=C3\SC(=S)N(C4CC5CCC4C5)C3=O)o2)c1. The van der Waals surface area contributed by atoms with E-state index in [1.165, 1.54) is 18.2 Å². The van der Waals surface area contributed by atoms with Crippen molar-refractivity contribution in [3.8, 4) is 33.9 Å². The Morgan fingerprint density at radius 1 is 0.800 bits per heavy atom. The van der Waals surface area contributed by atoms with Gasteiger partial charge in [0.25, 0.3) is 5.91 Å². The van der Waals surface area contributed by atoms with Gasteiger partial charge in [-0.15, -0.1) is 0 Å². The number of imidazole rings is 1. The molecule has 14 heteroatoms. The fourth-order valence-electron chi connectivity index (χ4n) is 12.7. The molecule has 404 valence electrons. The van der Waals surface area contributed by atoms with E-state index in [0.717, 1.165) is 69.3 Å². The Kier molecular flexibility index (Phi) is 15.0. The summed E-state index contributed by atoms with van der Waals surface area (Å²) in [6.45, 7) is 0.342. The third-order valence-corrected chi connectivity index (χ3v) is 17.8. The summed E-state index contributed by atoms with van der Waals surface area (Å²) >= 11 is 7.19. The number of amides is 3. The van der Waals surface area contributed by atoms with Crippen molar-refractivity contribution >= 4 is 52.3 Å². The highest BCUT2D eigenvalue weighted by molar-refractivity contribution is 8.26. The van der Waals surface area contributed by atoms with E-state index in [1.807, 2.05) is 114 Å². The molecule has 12 nitrogen and oxygen atoms in total. The molecule has 3 fully saturated rings. The number of nitrogens with one attached hydrogen (secondary N) is 2. The van der Waals surface area contributed by atoms with Crippen LogP contribution in [0.3, 0.4) is 0 Å². The van der Waals surface area contributed by atoms with Crippen molar-refractivity contribution in [1.82, 2.24) is 25.1 Å². The molecule has 8 aromatic rings. The number of methoxy groups -OCH3 is 2. The van der Waals surface area contributed by atoms with Crippen molar-refractivity contribution in [2.75, 3.05) is 27.4 Å². The zero-order chi connectivity index (χ0) is 54.7. The number of furan rings is 1. The Morgan fingerprint density at radius 2 is 1.41 bits per heavy atom. The summed E-state index contributed by atoms with van der Waals surface area (Å²) in [6.07, 6.45) is 10.4. The molecule has 4 atom stereocenters. The molecule has 1 aliphatic heterocycles. The Bertz CT molecular complexity index is 3450. The van der Waals surface area contributed by atoms with Crippen LogP contribution >= 0.6 is 24.0 Å². The van der Waals surface area contributed by atoms with Crippen molar-refractivity contribution in [3.05, 3.63) is 226 Å². The molecule has 2 saturated carbocycles. The number of benzene rings is 6. The molecule has 0 spiro atoms.